The highest BCUT2D eigenvalue weighted by atomic mass is 19.4. The number of amides is 3. The molecule has 308 valence electrons. The molecule has 2 aliphatic carbocycles. The van der Waals surface area contributed by atoms with Gasteiger partial charge in [0.05, 0.1) is 0 Å². The average molecular weight is 787 g/mol. The molecule has 0 aromatic heterocycles. The first-order valence-corrected chi connectivity index (χ1v) is 19.4. The number of nitrogens with two attached hydrogens (primary N) is 3. The highest BCUT2D eigenvalue weighted by molar-refractivity contribution is 5.95. The number of amidine groups is 1. The number of benzene rings is 2. The fourth-order valence-electron chi connectivity index (χ4n) is 7.34. The van der Waals surface area contributed by atoms with Crippen LogP contribution in [0, 0.1) is 23.2 Å². The molecule has 16 heteroatoms. The predicted octanol–water partition coefficient (Wildman–Crippen LogP) is 4.31. The van der Waals surface area contributed by atoms with Crippen molar-refractivity contribution in [1.82, 2.24) is 16.0 Å². The Morgan fingerprint density at radius 3 is 1.89 bits per heavy atom. The number of carbonyl (C=O) groups excluding carboxylic acids is 3. The number of halogens is 3. The maximum Gasteiger partial charge on any atom is 0.490 e. The van der Waals surface area contributed by atoms with Gasteiger partial charge in [-0.15, -0.1) is 0 Å². The standard InChI is InChI=1S/C38H56N8O3.C2HF3O2/c39-34(40)30-20-18-27(19-21-30)25-31(28-13-6-2-7-14-28)35(47)46-33(29-15-8-3-9-16-29)37(49)45-32(17-10-23-44-38(41)42)36(48)43-24-22-26-11-4-1-5-12-26;3-2(4,5)1(6)7/h1,4-5,11-12,18-21,28-29,31-33H,2-3,6-10,13-17,22-25H2,(H3,39,40)(H,43,48)(H,45,49)(H,46,47)(H4,41,42,44);(H,6,7)/t31-,32-,33-;/m0./s1. The Bertz CT molecular complexity index is 1590. The van der Waals surface area contributed by atoms with Crippen molar-refractivity contribution in [1.29, 1.82) is 5.41 Å². The van der Waals surface area contributed by atoms with Gasteiger partial charge in [-0.2, -0.15) is 13.2 Å². The molecule has 2 saturated carbocycles. The Kier molecular flexibility index (Phi) is 18.6. The van der Waals surface area contributed by atoms with Gasteiger partial charge in [0.25, 0.3) is 0 Å². The molecule has 2 fully saturated rings. The molecule has 2 aliphatic rings. The van der Waals surface area contributed by atoms with Crippen molar-refractivity contribution in [3.05, 3.63) is 71.3 Å². The van der Waals surface area contributed by atoms with Gasteiger partial charge in [-0.05, 0) is 74.3 Å². The summed E-state index contributed by atoms with van der Waals surface area (Å²) >= 11 is 0. The van der Waals surface area contributed by atoms with E-state index in [-0.39, 0.29) is 47.3 Å². The number of aliphatic carboxylic acids is 1. The number of carbonyl (C=O) groups is 4. The first kappa shape index (κ1) is 45.2. The van der Waals surface area contributed by atoms with E-state index in [1.807, 2.05) is 54.6 Å². The van der Waals surface area contributed by atoms with Crippen LogP contribution in [0.25, 0.3) is 0 Å². The van der Waals surface area contributed by atoms with Crippen LogP contribution in [0.5, 0.6) is 0 Å². The summed E-state index contributed by atoms with van der Waals surface area (Å²) in [6.07, 6.45) is 7.09. The Morgan fingerprint density at radius 1 is 0.786 bits per heavy atom. The van der Waals surface area contributed by atoms with Crippen LogP contribution in [0.2, 0.25) is 0 Å². The van der Waals surface area contributed by atoms with Crippen LogP contribution in [0.1, 0.15) is 93.7 Å². The monoisotopic (exact) mass is 786 g/mol. The van der Waals surface area contributed by atoms with Crippen LogP contribution in [-0.4, -0.2) is 71.9 Å². The molecule has 2 aromatic carbocycles. The number of hydrogen-bond acceptors (Lipinski definition) is 6. The molecular formula is C40H57F3N8O5. The first-order chi connectivity index (χ1) is 26.6. The summed E-state index contributed by atoms with van der Waals surface area (Å²) in [5.41, 5.74) is 19.4. The third-order valence-electron chi connectivity index (χ3n) is 10.4. The predicted molar refractivity (Wildman–Crippen MR) is 208 cm³/mol. The van der Waals surface area contributed by atoms with E-state index >= 15 is 0 Å². The number of aliphatic imine (C=N–C) groups is 1. The van der Waals surface area contributed by atoms with E-state index in [2.05, 4.69) is 20.9 Å². The van der Waals surface area contributed by atoms with Gasteiger partial charge < -0.3 is 38.3 Å². The molecule has 0 aliphatic heterocycles. The van der Waals surface area contributed by atoms with Crippen molar-refractivity contribution in [2.24, 2.45) is 39.9 Å². The zero-order valence-corrected chi connectivity index (χ0v) is 31.8. The number of rotatable bonds is 17. The van der Waals surface area contributed by atoms with Gasteiger partial charge in [0.1, 0.15) is 17.9 Å². The molecule has 0 saturated heterocycles. The van der Waals surface area contributed by atoms with Gasteiger partial charge in [-0.25, -0.2) is 4.79 Å². The lowest BCUT2D eigenvalue weighted by Gasteiger charge is -2.34. The third kappa shape index (κ3) is 15.9. The fourth-order valence-corrected chi connectivity index (χ4v) is 7.34. The summed E-state index contributed by atoms with van der Waals surface area (Å²) < 4.78 is 31.7. The third-order valence-corrected chi connectivity index (χ3v) is 10.4. The van der Waals surface area contributed by atoms with Crippen LogP contribution < -0.4 is 33.2 Å². The topological polar surface area (TPSA) is 239 Å². The van der Waals surface area contributed by atoms with E-state index < -0.39 is 24.2 Å². The van der Waals surface area contributed by atoms with Gasteiger partial charge in [0.2, 0.25) is 17.7 Å². The molecule has 0 bridgehead atoms. The second-order valence-electron chi connectivity index (χ2n) is 14.5. The molecule has 0 unspecified atom stereocenters. The molecule has 11 N–H and O–H groups in total. The number of alkyl halides is 3. The second kappa shape index (κ2) is 23.0. The van der Waals surface area contributed by atoms with Crippen LogP contribution in [0.4, 0.5) is 13.2 Å². The molecular weight excluding hydrogens is 729 g/mol. The zero-order chi connectivity index (χ0) is 41.1. The molecule has 2 aromatic rings. The van der Waals surface area contributed by atoms with Crippen molar-refractivity contribution >= 4 is 35.5 Å². The van der Waals surface area contributed by atoms with Crippen molar-refractivity contribution in [2.45, 2.75) is 108 Å². The number of carboxylic acid groups (broad SMARTS) is 1. The number of guanidine groups is 1. The largest absolute Gasteiger partial charge is 0.490 e. The van der Waals surface area contributed by atoms with E-state index in [4.69, 9.17) is 32.5 Å². The Balaban J connectivity index is 0.00000109. The SMILES string of the molecule is N=C(N)c1ccc(C[C@H](C(=O)N[C@H](C(=O)N[C@@H](CCCN=C(N)N)C(=O)NCCc2ccccc2)C2CCCCC2)C2CCCCC2)cc1.O=C(O)C(F)(F)F. The fraction of sp³-hybridized carbons (Fsp3) is 0.550. The molecule has 56 heavy (non-hydrogen) atoms. The number of nitrogen functional groups attached to an aromatic ring is 1. The highest BCUT2D eigenvalue weighted by Gasteiger charge is 2.39. The summed E-state index contributed by atoms with van der Waals surface area (Å²) in [7, 11) is 0. The number of carboxylic acids is 1. The normalized spacial score (nSPS) is 16.5. The quantitative estimate of drug-likeness (QED) is 0.0652. The van der Waals surface area contributed by atoms with Crippen LogP contribution >= 0.6 is 0 Å². The molecule has 0 spiro atoms. The first-order valence-electron chi connectivity index (χ1n) is 19.4. The lowest BCUT2D eigenvalue weighted by molar-refractivity contribution is -0.192. The number of nitrogens with zero attached hydrogens (tertiary/aromatic N) is 1. The Hall–Kier alpha value is -5.15. The van der Waals surface area contributed by atoms with Gasteiger partial charge in [0.15, 0.2) is 5.96 Å². The van der Waals surface area contributed by atoms with Crippen molar-refractivity contribution in [3.8, 4) is 0 Å². The van der Waals surface area contributed by atoms with E-state index in [1.165, 1.54) is 6.42 Å². The van der Waals surface area contributed by atoms with E-state index in [0.29, 0.717) is 44.3 Å². The van der Waals surface area contributed by atoms with Gasteiger partial charge in [0, 0.05) is 24.6 Å². The zero-order valence-electron chi connectivity index (χ0n) is 31.8. The molecule has 3 atom stereocenters. The maximum atomic E-state index is 14.3. The molecule has 3 amide bonds. The minimum atomic E-state index is -5.08. The summed E-state index contributed by atoms with van der Waals surface area (Å²) in [5, 5.41) is 24.1. The Labute approximate surface area is 326 Å². The summed E-state index contributed by atoms with van der Waals surface area (Å²) in [6, 6.07) is 15.9. The smallest absolute Gasteiger partial charge is 0.475 e. The number of nitrogens with one attached hydrogen (secondary N) is 4. The minimum absolute atomic E-state index is 0.00822. The van der Waals surface area contributed by atoms with Gasteiger partial charge >= 0.3 is 12.1 Å². The summed E-state index contributed by atoms with van der Waals surface area (Å²) in [4.78, 5) is 54.9. The van der Waals surface area contributed by atoms with E-state index in [9.17, 15) is 27.6 Å². The van der Waals surface area contributed by atoms with Gasteiger partial charge in [-0.1, -0.05) is 93.1 Å². The maximum absolute atomic E-state index is 14.3. The highest BCUT2D eigenvalue weighted by Crippen LogP contribution is 2.33. The van der Waals surface area contributed by atoms with Crippen LogP contribution in [-0.2, 0) is 32.0 Å². The molecule has 0 heterocycles. The van der Waals surface area contributed by atoms with E-state index in [1.54, 1.807) is 0 Å². The molecule has 4 rings (SSSR count). The minimum Gasteiger partial charge on any atom is -0.475 e. The summed E-state index contributed by atoms with van der Waals surface area (Å²) in [5.74, 6) is -3.55. The second-order valence-corrected chi connectivity index (χ2v) is 14.5. The van der Waals surface area contributed by atoms with Crippen LogP contribution in [0.15, 0.2) is 59.6 Å². The van der Waals surface area contributed by atoms with Crippen molar-refractivity contribution < 1.29 is 37.5 Å². The average Bonchev–Trinajstić information content (AvgIpc) is 3.18. The lowest BCUT2D eigenvalue weighted by Crippen LogP contribution is -2.57. The number of hydrogen-bond donors (Lipinski definition) is 8. The Morgan fingerprint density at radius 2 is 1.36 bits per heavy atom. The summed E-state index contributed by atoms with van der Waals surface area (Å²) in [6.45, 7) is 0.771. The molecule has 0 radical (unpaired) electrons. The van der Waals surface area contributed by atoms with Crippen molar-refractivity contribution in [2.75, 3.05) is 13.1 Å². The van der Waals surface area contributed by atoms with E-state index in [0.717, 1.165) is 68.9 Å². The van der Waals surface area contributed by atoms with Crippen LogP contribution in [0.3, 0.4) is 0 Å². The lowest BCUT2D eigenvalue weighted by atomic mass is 9.76. The van der Waals surface area contributed by atoms with Crippen molar-refractivity contribution in [3.63, 3.8) is 0 Å². The molecule has 13 nitrogen and oxygen atoms in total. The van der Waals surface area contributed by atoms with Gasteiger partial charge in [-0.3, -0.25) is 24.8 Å².